The van der Waals surface area contributed by atoms with Gasteiger partial charge in [-0.25, -0.2) is 0 Å². The van der Waals surface area contributed by atoms with E-state index in [4.69, 9.17) is 9.47 Å². The Bertz CT molecular complexity index is 793. The lowest BCUT2D eigenvalue weighted by Gasteiger charge is -2.30. The van der Waals surface area contributed by atoms with Gasteiger partial charge in [0, 0.05) is 6.54 Å². The van der Waals surface area contributed by atoms with Crippen molar-refractivity contribution in [3.63, 3.8) is 0 Å². The van der Waals surface area contributed by atoms with Crippen LogP contribution in [0.4, 0.5) is 0 Å². The number of esters is 1. The third-order valence-corrected chi connectivity index (χ3v) is 5.31. The molecule has 1 fully saturated rings. The summed E-state index contributed by atoms with van der Waals surface area (Å²) in [6, 6.07) is 19.7. The summed E-state index contributed by atoms with van der Waals surface area (Å²) in [6.45, 7) is 4.98. The lowest BCUT2D eigenvalue weighted by atomic mass is 9.97. The molecule has 5 heteroatoms. The average Bonchev–Trinajstić information content (AvgIpc) is 3.02. The second-order valence-electron chi connectivity index (χ2n) is 7.50. The van der Waals surface area contributed by atoms with Crippen molar-refractivity contribution in [3.8, 4) is 0 Å². The monoisotopic (exact) mass is 395 g/mol. The van der Waals surface area contributed by atoms with Gasteiger partial charge in [0.15, 0.2) is 0 Å². The molecule has 154 valence electrons. The van der Waals surface area contributed by atoms with Crippen LogP contribution in [0, 0.1) is 5.92 Å². The molecule has 0 aromatic heterocycles. The van der Waals surface area contributed by atoms with Gasteiger partial charge in [-0.05, 0) is 24.5 Å². The maximum absolute atomic E-state index is 12.8. The Morgan fingerprint density at radius 2 is 1.69 bits per heavy atom. The number of carbonyl (C=O) groups is 2. The molecule has 0 spiro atoms. The molecule has 0 radical (unpaired) electrons. The van der Waals surface area contributed by atoms with Crippen LogP contribution in [0.15, 0.2) is 60.7 Å². The fourth-order valence-corrected chi connectivity index (χ4v) is 3.77. The molecule has 3 atom stereocenters. The zero-order valence-electron chi connectivity index (χ0n) is 17.1. The molecule has 1 heterocycles. The van der Waals surface area contributed by atoms with Crippen molar-refractivity contribution >= 4 is 11.9 Å². The number of amides is 1. The largest absolute Gasteiger partial charge is 0.466 e. The van der Waals surface area contributed by atoms with Gasteiger partial charge in [-0.2, -0.15) is 0 Å². The fourth-order valence-electron chi connectivity index (χ4n) is 3.77. The first-order chi connectivity index (χ1) is 14.1. The van der Waals surface area contributed by atoms with Gasteiger partial charge in [-0.1, -0.05) is 67.6 Å². The third kappa shape index (κ3) is 5.67. The Morgan fingerprint density at radius 3 is 2.31 bits per heavy atom. The van der Waals surface area contributed by atoms with E-state index in [-0.39, 0.29) is 29.9 Å². The summed E-state index contributed by atoms with van der Waals surface area (Å²) < 4.78 is 11.3. The van der Waals surface area contributed by atoms with Crippen LogP contribution in [0.2, 0.25) is 0 Å². The van der Waals surface area contributed by atoms with Crippen LogP contribution in [-0.2, 0) is 32.2 Å². The Hall–Kier alpha value is -2.66. The van der Waals surface area contributed by atoms with Crippen LogP contribution < -0.4 is 0 Å². The molecule has 29 heavy (non-hydrogen) atoms. The summed E-state index contributed by atoms with van der Waals surface area (Å²) in [4.78, 5) is 26.9. The average molecular weight is 395 g/mol. The van der Waals surface area contributed by atoms with E-state index >= 15 is 0 Å². The van der Waals surface area contributed by atoms with E-state index in [1.165, 1.54) is 0 Å². The van der Waals surface area contributed by atoms with Crippen LogP contribution in [0.5, 0.6) is 0 Å². The Balaban J connectivity index is 1.74. The third-order valence-electron chi connectivity index (χ3n) is 5.31. The zero-order valence-corrected chi connectivity index (χ0v) is 17.1. The normalized spacial score (nSPS) is 19.9. The lowest BCUT2D eigenvalue weighted by Crippen LogP contribution is -2.40. The summed E-state index contributed by atoms with van der Waals surface area (Å²) in [5.41, 5.74) is 2.14. The summed E-state index contributed by atoms with van der Waals surface area (Å²) >= 11 is 0. The molecule has 0 saturated carbocycles. The highest BCUT2D eigenvalue weighted by atomic mass is 16.5. The maximum atomic E-state index is 12.8. The van der Waals surface area contributed by atoms with Gasteiger partial charge in [0.05, 0.1) is 37.7 Å². The van der Waals surface area contributed by atoms with E-state index < -0.39 is 0 Å². The van der Waals surface area contributed by atoms with Crippen molar-refractivity contribution in [2.75, 3.05) is 6.61 Å². The quantitative estimate of drug-likeness (QED) is 0.603. The molecule has 0 bridgehead atoms. The number of hydrogen-bond acceptors (Lipinski definition) is 4. The van der Waals surface area contributed by atoms with Crippen molar-refractivity contribution in [3.05, 3.63) is 71.8 Å². The van der Waals surface area contributed by atoms with Gasteiger partial charge in [-0.15, -0.1) is 0 Å². The van der Waals surface area contributed by atoms with Crippen molar-refractivity contribution < 1.29 is 19.1 Å². The lowest BCUT2D eigenvalue weighted by molar-refractivity contribution is -0.148. The highest BCUT2D eigenvalue weighted by molar-refractivity contribution is 5.80. The molecule has 1 aliphatic rings. The highest BCUT2D eigenvalue weighted by Crippen LogP contribution is 2.30. The van der Waals surface area contributed by atoms with E-state index in [9.17, 15) is 9.59 Å². The molecule has 2 aromatic rings. The number of ether oxygens (including phenoxy) is 2. The summed E-state index contributed by atoms with van der Waals surface area (Å²) in [5.74, 6) is -0.465. The molecule has 0 N–H and O–H groups in total. The minimum absolute atomic E-state index is 0.0629. The summed E-state index contributed by atoms with van der Waals surface area (Å²) in [5, 5.41) is 0. The van der Waals surface area contributed by atoms with Gasteiger partial charge in [-0.3, -0.25) is 9.59 Å². The maximum Gasteiger partial charge on any atom is 0.308 e. The van der Waals surface area contributed by atoms with Crippen LogP contribution >= 0.6 is 0 Å². The van der Waals surface area contributed by atoms with Crippen molar-refractivity contribution in [2.24, 2.45) is 5.92 Å². The Labute approximate surface area is 172 Å². The van der Waals surface area contributed by atoms with E-state index in [1.54, 1.807) is 6.92 Å². The minimum atomic E-state index is -0.299. The van der Waals surface area contributed by atoms with E-state index in [0.29, 0.717) is 32.6 Å². The first kappa shape index (κ1) is 21.1. The number of nitrogens with zero attached hydrogens (tertiary/aromatic N) is 1. The van der Waals surface area contributed by atoms with E-state index in [1.807, 2.05) is 72.5 Å². The molecule has 1 saturated heterocycles. The molecule has 5 nitrogen and oxygen atoms in total. The van der Waals surface area contributed by atoms with Crippen molar-refractivity contribution in [2.45, 2.75) is 52.0 Å². The van der Waals surface area contributed by atoms with Gasteiger partial charge in [0.1, 0.15) is 0 Å². The first-order valence-electron chi connectivity index (χ1n) is 10.2. The molecule has 0 aliphatic carbocycles. The SMILES string of the molecule is CCOC(=O)C(C)C[C@@H]1[C@@H](OCc2ccccc2)CC(=O)N1Cc1ccccc1. The molecule has 1 aliphatic heterocycles. The number of likely N-dealkylation sites (tertiary alicyclic amines) is 1. The topological polar surface area (TPSA) is 55.8 Å². The molecular weight excluding hydrogens is 366 g/mol. The van der Waals surface area contributed by atoms with Gasteiger partial charge < -0.3 is 14.4 Å². The number of rotatable bonds is 9. The van der Waals surface area contributed by atoms with E-state index in [0.717, 1.165) is 11.1 Å². The van der Waals surface area contributed by atoms with Crippen LogP contribution in [0.25, 0.3) is 0 Å². The van der Waals surface area contributed by atoms with Gasteiger partial charge >= 0.3 is 5.97 Å². The zero-order chi connectivity index (χ0) is 20.6. The predicted octanol–water partition coefficient (Wildman–Crippen LogP) is 3.96. The second kappa shape index (κ2) is 10.2. The Morgan fingerprint density at radius 1 is 1.07 bits per heavy atom. The predicted molar refractivity (Wildman–Crippen MR) is 111 cm³/mol. The van der Waals surface area contributed by atoms with E-state index in [2.05, 4.69) is 0 Å². The molecule has 1 unspecified atom stereocenters. The molecule has 3 rings (SSSR count). The molecule has 2 aromatic carbocycles. The van der Waals surface area contributed by atoms with Crippen LogP contribution in [-0.4, -0.2) is 35.5 Å². The van der Waals surface area contributed by atoms with Gasteiger partial charge in [0.25, 0.3) is 0 Å². The van der Waals surface area contributed by atoms with Crippen molar-refractivity contribution in [1.82, 2.24) is 4.90 Å². The smallest absolute Gasteiger partial charge is 0.308 e. The number of carbonyl (C=O) groups excluding carboxylic acids is 2. The van der Waals surface area contributed by atoms with Gasteiger partial charge in [0.2, 0.25) is 5.91 Å². The standard InChI is InChI=1S/C24H29NO4/c1-3-28-24(27)18(2)14-21-22(29-17-20-12-8-5-9-13-20)15-23(26)25(21)16-19-10-6-4-7-11-19/h4-13,18,21-22H,3,14-17H2,1-2H3/t18?,21-,22+/m1/s1. The van der Waals surface area contributed by atoms with Crippen LogP contribution in [0.3, 0.4) is 0 Å². The number of benzene rings is 2. The summed E-state index contributed by atoms with van der Waals surface area (Å²) in [6.07, 6.45) is 0.611. The highest BCUT2D eigenvalue weighted by Gasteiger charge is 2.41. The second-order valence-corrected chi connectivity index (χ2v) is 7.50. The fraction of sp³-hybridized carbons (Fsp3) is 0.417. The minimum Gasteiger partial charge on any atom is -0.466 e. The summed E-state index contributed by atoms with van der Waals surface area (Å²) in [7, 11) is 0. The number of hydrogen-bond donors (Lipinski definition) is 0. The van der Waals surface area contributed by atoms with Crippen LogP contribution in [0.1, 0.15) is 37.8 Å². The molecular formula is C24H29NO4. The Kier molecular flexibility index (Phi) is 7.42. The van der Waals surface area contributed by atoms with Crippen molar-refractivity contribution in [1.29, 1.82) is 0 Å². The first-order valence-corrected chi connectivity index (χ1v) is 10.2. The molecule has 1 amide bonds.